The van der Waals surface area contributed by atoms with Gasteiger partial charge in [0.1, 0.15) is 11.5 Å². The van der Waals surface area contributed by atoms with Crippen LogP contribution in [0.3, 0.4) is 0 Å². The molecule has 2 aromatic carbocycles. The van der Waals surface area contributed by atoms with Gasteiger partial charge in [-0.05, 0) is 49.2 Å². The molecule has 4 heteroatoms. The van der Waals surface area contributed by atoms with Crippen LogP contribution < -0.4 is 9.47 Å². The third kappa shape index (κ3) is 3.03. The molecule has 0 saturated heterocycles. The quantitative estimate of drug-likeness (QED) is 0.794. The summed E-state index contributed by atoms with van der Waals surface area (Å²) in [4.78, 5) is 12.9. The van der Waals surface area contributed by atoms with Gasteiger partial charge in [-0.3, -0.25) is 4.79 Å². The van der Waals surface area contributed by atoms with Gasteiger partial charge in [0.15, 0.2) is 0 Å². The Hall–Kier alpha value is -2.00. The number of carbonyl (C=O) groups excluding carboxylic acids is 1. The second-order valence-corrected chi connectivity index (χ2v) is 5.27. The van der Waals surface area contributed by atoms with Crippen LogP contribution in [0.25, 0.3) is 0 Å². The average Bonchev–Trinajstić information content (AvgIpc) is 2.45. The van der Waals surface area contributed by atoms with Gasteiger partial charge in [0.25, 0.3) is 0 Å². The van der Waals surface area contributed by atoms with Crippen molar-refractivity contribution in [2.45, 2.75) is 13.8 Å². The van der Waals surface area contributed by atoms with Crippen LogP contribution in [0.2, 0.25) is 5.02 Å². The highest BCUT2D eigenvalue weighted by molar-refractivity contribution is 6.31. The fourth-order valence-corrected chi connectivity index (χ4v) is 2.55. The van der Waals surface area contributed by atoms with Crippen molar-refractivity contribution in [1.29, 1.82) is 0 Å². The molecule has 21 heavy (non-hydrogen) atoms. The molecule has 0 aliphatic heterocycles. The Kier molecular flexibility index (Phi) is 4.53. The van der Waals surface area contributed by atoms with Gasteiger partial charge in [0, 0.05) is 5.02 Å². The van der Waals surface area contributed by atoms with Crippen molar-refractivity contribution >= 4 is 17.4 Å². The lowest BCUT2D eigenvalue weighted by Crippen LogP contribution is -2.08. The van der Waals surface area contributed by atoms with Crippen molar-refractivity contribution < 1.29 is 14.3 Å². The number of halogens is 1. The molecule has 0 heterocycles. The molecule has 2 aromatic rings. The van der Waals surface area contributed by atoms with Crippen molar-refractivity contribution in [1.82, 2.24) is 0 Å². The van der Waals surface area contributed by atoms with Crippen LogP contribution in [0.5, 0.6) is 11.5 Å². The minimum atomic E-state index is -0.163. The Bertz CT molecular complexity index is 693. The normalized spacial score (nSPS) is 10.3. The maximum atomic E-state index is 12.9. The first-order valence-corrected chi connectivity index (χ1v) is 6.89. The van der Waals surface area contributed by atoms with Gasteiger partial charge in [-0.1, -0.05) is 17.7 Å². The molecule has 2 rings (SSSR count). The van der Waals surface area contributed by atoms with Gasteiger partial charge in [-0.25, -0.2) is 0 Å². The van der Waals surface area contributed by atoms with Crippen molar-refractivity contribution in [3.8, 4) is 11.5 Å². The van der Waals surface area contributed by atoms with Gasteiger partial charge in [0.2, 0.25) is 5.78 Å². The maximum absolute atomic E-state index is 12.9. The number of rotatable bonds is 4. The Morgan fingerprint density at radius 1 is 1.00 bits per heavy atom. The number of carbonyl (C=O) groups is 1. The number of ether oxygens (including phenoxy) is 2. The highest BCUT2D eigenvalue weighted by Gasteiger charge is 2.21. The van der Waals surface area contributed by atoms with Gasteiger partial charge in [-0.15, -0.1) is 0 Å². The Labute approximate surface area is 129 Å². The van der Waals surface area contributed by atoms with E-state index in [4.69, 9.17) is 21.1 Å². The van der Waals surface area contributed by atoms with Crippen molar-refractivity contribution in [2.24, 2.45) is 0 Å². The van der Waals surface area contributed by atoms with E-state index in [1.165, 1.54) is 7.11 Å². The smallest absolute Gasteiger partial charge is 0.200 e. The molecule has 0 atom stereocenters. The summed E-state index contributed by atoms with van der Waals surface area (Å²) in [6, 6.07) is 8.79. The van der Waals surface area contributed by atoms with E-state index in [0.29, 0.717) is 27.6 Å². The lowest BCUT2D eigenvalue weighted by Gasteiger charge is -2.14. The fraction of sp³-hybridized carbons (Fsp3) is 0.235. The van der Waals surface area contributed by atoms with E-state index in [0.717, 1.165) is 11.1 Å². The zero-order valence-electron chi connectivity index (χ0n) is 12.5. The zero-order chi connectivity index (χ0) is 15.6. The van der Waals surface area contributed by atoms with E-state index < -0.39 is 0 Å². The molecular weight excluding hydrogens is 288 g/mol. The predicted octanol–water partition coefficient (Wildman–Crippen LogP) is 4.21. The molecule has 0 unspecified atom stereocenters. The van der Waals surface area contributed by atoms with Crippen molar-refractivity contribution in [2.75, 3.05) is 14.2 Å². The Morgan fingerprint density at radius 3 is 2.29 bits per heavy atom. The molecule has 0 amide bonds. The monoisotopic (exact) mass is 304 g/mol. The summed E-state index contributed by atoms with van der Waals surface area (Å²) >= 11 is 6.00. The molecule has 0 spiro atoms. The van der Waals surface area contributed by atoms with Gasteiger partial charge in [-0.2, -0.15) is 0 Å². The number of aryl methyl sites for hydroxylation is 2. The molecule has 0 aliphatic carbocycles. The fourth-order valence-electron chi connectivity index (χ4n) is 2.37. The third-order valence-corrected chi connectivity index (χ3v) is 3.53. The minimum absolute atomic E-state index is 0.163. The molecule has 0 aliphatic rings. The highest BCUT2D eigenvalue weighted by Crippen LogP contribution is 2.31. The van der Waals surface area contributed by atoms with E-state index >= 15 is 0 Å². The topological polar surface area (TPSA) is 35.5 Å². The molecule has 110 valence electrons. The molecule has 0 N–H and O–H groups in total. The molecule has 0 fully saturated rings. The lowest BCUT2D eigenvalue weighted by molar-refractivity contribution is 0.103. The average molecular weight is 305 g/mol. The number of hydrogen-bond acceptors (Lipinski definition) is 3. The van der Waals surface area contributed by atoms with Crippen LogP contribution in [0.1, 0.15) is 27.0 Å². The lowest BCUT2D eigenvalue weighted by atomic mass is 9.96. The molecule has 0 radical (unpaired) electrons. The Balaban J connectivity index is 2.63. The van der Waals surface area contributed by atoms with E-state index in [9.17, 15) is 4.79 Å². The first-order chi connectivity index (χ1) is 9.97. The highest BCUT2D eigenvalue weighted by atomic mass is 35.5. The maximum Gasteiger partial charge on any atom is 0.200 e. The molecule has 3 nitrogen and oxygen atoms in total. The van der Waals surface area contributed by atoms with Crippen LogP contribution in [0.4, 0.5) is 0 Å². The first-order valence-electron chi connectivity index (χ1n) is 6.51. The summed E-state index contributed by atoms with van der Waals surface area (Å²) < 4.78 is 10.6. The second-order valence-electron chi connectivity index (χ2n) is 4.83. The molecular formula is C17H17ClO3. The Morgan fingerprint density at radius 2 is 1.67 bits per heavy atom. The number of benzene rings is 2. The van der Waals surface area contributed by atoms with Crippen LogP contribution in [-0.2, 0) is 0 Å². The number of hydrogen-bond donors (Lipinski definition) is 0. The number of methoxy groups -OCH3 is 2. The zero-order valence-corrected chi connectivity index (χ0v) is 13.2. The summed E-state index contributed by atoms with van der Waals surface area (Å²) in [5, 5.41) is 0.489. The van der Waals surface area contributed by atoms with E-state index in [1.54, 1.807) is 25.3 Å². The largest absolute Gasteiger partial charge is 0.496 e. The summed E-state index contributed by atoms with van der Waals surface area (Å²) in [5.74, 6) is 0.884. The molecule has 0 saturated carbocycles. The predicted molar refractivity (Wildman–Crippen MR) is 83.9 cm³/mol. The summed E-state index contributed by atoms with van der Waals surface area (Å²) in [6.07, 6.45) is 0. The van der Waals surface area contributed by atoms with E-state index in [-0.39, 0.29) is 5.78 Å². The van der Waals surface area contributed by atoms with Gasteiger partial charge >= 0.3 is 0 Å². The molecule has 0 bridgehead atoms. The van der Waals surface area contributed by atoms with Crippen LogP contribution in [0, 0.1) is 13.8 Å². The number of ketones is 1. The van der Waals surface area contributed by atoms with Crippen LogP contribution >= 0.6 is 11.6 Å². The third-order valence-electron chi connectivity index (χ3n) is 3.30. The van der Waals surface area contributed by atoms with E-state index in [1.807, 2.05) is 26.0 Å². The minimum Gasteiger partial charge on any atom is -0.496 e. The summed E-state index contributed by atoms with van der Waals surface area (Å²) in [7, 11) is 3.08. The SMILES string of the molecule is COc1ccc(Cl)cc1C(=O)c1c(C)cc(C)cc1OC. The standard InChI is InChI=1S/C17H17ClO3/c1-10-7-11(2)16(15(8-10)21-4)17(19)13-9-12(18)5-6-14(13)20-3/h5-9H,1-4H3. The van der Waals surface area contributed by atoms with Crippen molar-refractivity contribution in [3.63, 3.8) is 0 Å². The van der Waals surface area contributed by atoms with E-state index in [2.05, 4.69) is 0 Å². The summed E-state index contributed by atoms with van der Waals surface area (Å²) in [5.41, 5.74) is 2.86. The van der Waals surface area contributed by atoms with Crippen molar-refractivity contribution in [3.05, 3.63) is 57.6 Å². The van der Waals surface area contributed by atoms with Crippen LogP contribution in [-0.4, -0.2) is 20.0 Å². The van der Waals surface area contributed by atoms with Gasteiger partial charge < -0.3 is 9.47 Å². The molecule has 0 aromatic heterocycles. The van der Waals surface area contributed by atoms with Crippen LogP contribution in [0.15, 0.2) is 30.3 Å². The second kappa shape index (κ2) is 6.19. The summed E-state index contributed by atoms with van der Waals surface area (Å²) in [6.45, 7) is 3.85. The first kappa shape index (κ1) is 15.4. The van der Waals surface area contributed by atoms with Gasteiger partial charge in [0.05, 0.1) is 25.3 Å².